The lowest BCUT2D eigenvalue weighted by atomic mass is 9.39. The van der Waals surface area contributed by atoms with Crippen LogP contribution in [-0.2, 0) is 4.74 Å². The average molecular weight is 782 g/mol. The Labute approximate surface area is 332 Å². The molecule has 1 aromatic carbocycles. The summed E-state index contributed by atoms with van der Waals surface area (Å²) in [6.45, 7) is 11.9. The topological polar surface area (TPSA) is 184 Å². The second-order valence-electron chi connectivity index (χ2n) is 17.2. The molecular weight excluding hydrogens is 727 g/mol. The maximum atomic E-state index is 12.7. The summed E-state index contributed by atoms with van der Waals surface area (Å²) >= 11 is 1.54. The molecular formula is C42H55N9O4S. The number of carbonyl (C=O) groups is 1. The van der Waals surface area contributed by atoms with Crippen molar-refractivity contribution < 1.29 is 19.7 Å². The van der Waals surface area contributed by atoms with E-state index >= 15 is 0 Å². The number of pyridine rings is 1. The molecule has 6 N–H and O–H groups in total. The Kier molecular flexibility index (Phi) is 11.2. The molecule has 13 nitrogen and oxygen atoms in total. The van der Waals surface area contributed by atoms with Crippen molar-refractivity contribution in [2.75, 3.05) is 50.1 Å². The average Bonchev–Trinajstić information content (AvgIpc) is 3.55. The summed E-state index contributed by atoms with van der Waals surface area (Å²) in [6.07, 6.45) is 9.73. The summed E-state index contributed by atoms with van der Waals surface area (Å²) in [7, 11) is 1.78. The molecule has 0 aliphatic heterocycles. The number of hydrogen-bond donors (Lipinski definition) is 5. The number of thiazole rings is 1. The quantitative estimate of drug-likeness (QED) is 0.0535. The van der Waals surface area contributed by atoms with E-state index in [1.807, 2.05) is 44.2 Å². The molecule has 298 valence electrons. The molecule has 0 spiro atoms. The lowest BCUT2D eigenvalue weighted by Gasteiger charge is -2.69. The molecule has 4 fully saturated rings. The third-order valence-corrected chi connectivity index (χ3v) is 12.8. The van der Waals surface area contributed by atoms with E-state index in [2.05, 4.69) is 44.6 Å². The summed E-state index contributed by atoms with van der Waals surface area (Å²) < 4.78 is 7.89. The van der Waals surface area contributed by atoms with E-state index in [1.54, 1.807) is 24.1 Å². The molecule has 3 heterocycles. The third kappa shape index (κ3) is 8.29. The number of fused-ring (bicyclic) bond motifs is 1. The number of unbranched alkanes of at least 4 members (excludes halogenated alkanes) is 1. The van der Waals surface area contributed by atoms with E-state index < -0.39 is 5.97 Å². The fourth-order valence-electron chi connectivity index (χ4n) is 10.7. The van der Waals surface area contributed by atoms with Gasteiger partial charge in [-0.3, -0.25) is 4.99 Å². The van der Waals surface area contributed by atoms with Gasteiger partial charge < -0.3 is 36.2 Å². The zero-order valence-corrected chi connectivity index (χ0v) is 34.0. The van der Waals surface area contributed by atoms with Gasteiger partial charge in [-0.15, -0.1) is 10.2 Å². The first-order valence-corrected chi connectivity index (χ1v) is 20.4. The van der Waals surface area contributed by atoms with Crippen LogP contribution in [0.4, 0.5) is 22.6 Å². The summed E-state index contributed by atoms with van der Waals surface area (Å²) in [4.78, 5) is 28.8. The van der Waals surface area contributed by atoms with Crippen molar-refractivity contribution in [1.29, 1.82) is 0 Å². The van der Waals surface area contributed by atoms with E-state index in [9.17, 15) is 9.90 Å². The number of ether oxygens (including phenoxy) is 1. The van der Waals surface area contributed by atoms with Gasteiger partial charge in [-0.25, -0.2) is 14.8 Å². The molecule has 0 radical (unpaired) electrons. The van der Waals surface area contributed by atoms with E-state index in [4.69, 9.17) is 20.6 Å². The van der Waals surface area contributed by atoms with Crippen LogP contribution in [0, 0.1) is 23.2 Å². The second-order valence-corrected chi connectivity index (χ2v) is 18.2. The standard InChI is InChI=1S/C42H55N9O4S/c1-27-18-34(49-50-36(27)48-38-46-31-10-6-7-11-32(31)56-38)51(5)33-13-12-29(35(47-33)37(53)54)30(19-43)28(2)45-26-41-21-39(3)20-40(4,22-41)24-42(23-39,25-41)55-17-15-44-14-8-9-16-52/h6-7,10-13,18-19,44,52H,8-9,14-17,20-26,43H2,1-5H3,(H,53,54)(H,46,48,50). The first-order chi connectivity index (χ1) is 26.8. The molecule has 4 bridgehead atoms. The number of aliphatic imine (C=N–C) groups is 1. The van der Waals surface area contributed by atoms with Gasteiger partial charge in [-0.05, 0) is 124 Å². The highest BCUT2D eigenvalue weighted by Gasteiger charge is 2.66. The van der Waals surface area contributed by atoms with Gasteiger partial charge in [0.15, 0.2) is 22.5 Å². The lowest BCUT2D eigenvalue weighted by Crippen LogP contribution is -2.64. The highest BCUT2D eigenvalue weighted by Crippen LogP contribution is 2.71. The number of aromatic carboxylic acids is 1. The van der Waals surface area contributed by atoms with Crippen LogP contribution in [0.15, 0.2) is 53.7 Å². The Morgan fingerprint density at radius 1 is 1.02 bits per heavy atom. The predicted molar refractivity (Wildman–Crippen MR) is 223 cm³/mol. The summed E-state index contributed by atoms with van der Waals surface area (Å²) in [5.74, 6) is 0.332. The summed E-state index contributed by atoms with van der Waals surface area (Å²) in [5.41, 5.74) is 9.72. The van der Waals surface area contributed by atoms with Gasteiger partial charge in [0.1, 0.15) is 5.82 Å². The van der Waals surface area contributed by atoms with Crippen molar-refractivity contribution in [2.45, 2.75) is 84.7 Å². The largest absolute Gasteiger partial charge is 0.476 e. The number of nitrogens with one attached hydrogen (secondary N) is 2. The Hall–Kier alpha value is -4.50. The SMILES string of the molecule is CC(=NCC12CC3(C)CC(C)(C1)CC(OCCNCCCCO)(C3)C2)C(=CN)c1ccc(N(C)c2cc(C)c(Nc3nc4ccccc4s3)nn2)nc1C(=O)O. The smallest absolute Gasteiger partial charge is 0.355 e. The molecule has 3 aromatic heterocycles. The van der Waals surface area contributed by atoms with Crippen molar-refractivity contribution in [2.24, 2.45) is 27.0 Å². The van der Waals surface area contributed by atoms with Crippen LogP contribution in [-0.4, -0.2) is 87.6 Å². The number of nitrogens with zero attached hydrogens (tertiary/aromatic N) is 6. The number of benzene rings is 1. The molecule has 14 heteroatoms. The van der Waals surface area contributed by atoms with Gasteiger partial charge in [0, 0.05) is 49.8 Å². The first kappa shape index (κ1) is 39.7. The summed E-state index contributed by atoms with van der Waals surface area (Å²) in [5, 5.41) is 35.8. The van der Waals surface area contributed by atoms with Crippen LogP contribution in [0.1, 0.15) is 93.8 Å². The lowest BCUT2D eigenvalue weighted by molar-refractivity contribution is -0.241. The van der Waals surface area contributed by atoms with Gasteiger partial charge in [0.2, 0.25) is 0 Å². The number of aliphatic hydroxyl groups excluding tert-OH is 1. The minimum absolute atomic E-state index is 0.00710. The Bertz CT molecular complexity index is 2100. The fraction of sp³-hybridized carbons (Fsp3) is 0.524. The van der Waals surface area contributed by atoms with E-state index in [0.29, 0.717) is 47.5 Å². The molecule has 2 atom stereocenters. The van der Waals surface area contributed by atoms with Gasteiger partial charge >= 0.3 is 5.97 Å². The Balaban J connectivity index is 1.06. The predicted octanol–water partition coefficient (Wildman–Crippen LogP) is 7.26. The van der Waals surface area contributed by atoms with Gasteiger partial charge in [0.05, 0.1) is 22.4 Å². The van der Waals surface area contributed by atoms with Crippen LogP contribution in [0.2, 0.25) is 0 Å². The number of nitrogens with two attached hydrogens (primary N) is 1. The number of allylic oxidation sites excluding steroid dienone is 1. The number of para-hydroxylation sites is 1. The number of rotatable bonds is 17. The third-order valence-electron chi connectivity index (χ3n) is 11.9. The zero-order chi connectivity index (χ0) is 39.7. The molecule has 4 aliphatic carbocycles. The van der Waals surface area contributed by atoms with Crippen molar-refractivity contribution in [3.8, 4) is 0 Å². The number of anilines is 4. The maximum absolute atomic E-state index is 12.7. The molecule has 4 aliphatic rings. The molecule has 56 heavy (non-hydrogen) atoms. The molecule has 4 aromatic rings. The number of carboxylic acids is 1. The van der Waals surface area contributed by atoms with Gasteiger partial charge in [-0.1, -0.05) is 37.3 Å². The van der Waals surface area contributed by atoms with Gasteiger partial charge in [0.25, 0.3) is 0 Å². The van der Waals surface area contributed by atoms with Gasteiger partial charge in [-0.2, -0.15) is 0 Å². The highest BCUT2D eigenvalue weighted by molar-refractivity contribution is 7.22. The molecule has 2 unspecified atom stereocenters. The van der Waals surface area contributed by atoms with E-state index in [0.717, 1.165) is 78.9 Å². The Morgan fingerprint density at radius 3 is 2.48 bits per heavy atom. The minimum atomic E-state index is -1.16. The highest BCUT2D eigenvalue weighted by atomic mass is 32.1. The zero-order valence-electron chi connectivity index (χ0n) is 33.2. The molecule has 0 saturated heterocycles. The van der Waals surface area contributed by atoms with Crippen molar-refractivity contribution in [3.05, 3.63) is 65.5 Å². The van der Waals surface area contributed by atoms with Crippen LogP contribution in [0.3, 0.4) is 0 Å². The molecule has 4 saturated carbocycles. The second kappa shape index (κ2) is 15.8. The van der Waals surface area contributed by atoms with Crippen LogP contribution in [0.25, 0.3) is 15.8 Å². The van der Waals surface area contributed by atoms with Crippen LogP contribution < -0.4 is 21.3 Å². The Morgan fingerprint density at radius 2 is 1.79 bits per heavy atom. The monoisotopic (exact) mass is 781 g/mol. The van der Waals surface area contributed by atoms with Crippen LogP contribution >= 0.6 is 11.3 Å². The van der Waals surface area contributed by atoms with Crippen molar-refractivity contribution in [1.82, 2.24) is 25.5 Å². The first-order valence-electron chi connectivity index (χ1n) is 19.6. The normalized spacial score (nSPS) is 25.9. The van der Waals surface area contributed by atoms with Crippen molar-refractivity contribution >= 4 is 61.4 Å². The number of aromatic nitrogens is 4. The maximum Gasteiger partial charge on any atom is 0.355 e. The molecule has 8 rings (SSSR count). The van der Waals surface area contributed by atoms with Crippen molar-refractivity contribution in [3.63, 3.8) is 0 Å². The summed E-state index contributed by atoms with van der Waals surface area (Å²) in [6, 6.07) is 13.3. The number of aryl methyl sites for hydroxylation is 1. The number of hydrogen-bond acceptors (Lipinski definition) is 13. The van der Waals surface area contributed by atoms with Crippen LogP contribution in [0.5, 0.6) is 0 Å². The van der Waals surface area contributed by atoms with E-state index in [-0.39, 0.29) is 34.1 Å². The fourth-order valence-corrected chi connectivity index (χ4v) is 11.5. The number of aliphatic hydroxyl groups is 1. The minimum Gasteiger partial charge on any atom is -0.476 e. The number of carboxylic acid groups (broad SMARTS) is 1. The van der Waals surface area contributed by atoms with E-state index in [1.165, 1.54) is 24.0 Å². The molecule has 0 amide bonds.